The largest absolute Gasteiger partial charge is 0.381 e. The van der Waals surface area contributed by atoms with Crippen LogP contribution in [0.15, 0.2) is 78.9 Å². The predicted molar refractivity (Wildman–Crippen MR) is 98.3 cm³/mol. The van der Waals surface area contributed by atoms with Crippen LogP contribution in [0.5, 0.6) is 0 Å². The molecule has 0 spiro atoms. The molecule has 0 aliphatic carbocycles. The Labute approximate surface area is 134 Å². The van der Waals surface area contributed by atoms with E-state index in [4.69, 9.17) is 4.74 Å². The topological polar surface area (TPSA) is 9.23 Å². The minimum absolute atomic E-state index is 0.681. The molecule has 116 valence electrons. The molecular formula is C21H26O. The van der Waals surface area contributed by atoms with E-state index in [1.807, 2.05) is 43.4 Å². The van der Waals surface area contributed by atoms with Gasteiger partial charge in [-0.3, -0.25) is 0 Å². The highest BCUT2D eigenvalue weighted by molar-refractivity contribution is 5.82. The molecule has 0 aliphatic heterocycles. The first-order chi connectivity index (χ1) is 10.8. The van der Waals surface area contributed by atoms with Gasteiger partial charge in [-0.15, -0.1) is 0 Å². The van der Waals surface area contributed by atoms with Gasteiger partial charge in [0, 0.05) is 7.11 Å². The summed E-state index contributed by atoms with van der Waals surface area (Å²) < 4.78 is 4.81. The third-order valence-electron chi connectivity index (χ3n) is 3.15. The summed E-state index contributed by atoms with van der Waals surface area (Å²) in [5.41, 5.74) is 1.41. The Morgan fingerprint density at radius 3 is 2.32 bits per heavy atom. The number of methoxy groups -OCH3 is 1. The fraction of sp³-hybridized carbons (Fsp3) is 0.238. The van der Waals surface area contributed by atoms with Crippen LogP contribution in [-0.2, 0) is 11.2 Å². The van der Waals surface area contributed by atoms with Crippen LogP contribution in [0.2, 0.25) is 0 Å². The molecule has 0 fully saturated rings. The van der Waals surface area contributed by atoms with Crippen molar-refractivity contribution < 1.29 is 4.74 Å². The summed E-state index contributed by atoms with van der Waals surface area (Å²) in [6, 6.07) is 15.1. The SMILES string of the molecule is CCc1ccc2ccccc2c1.C\C=C/C=C\C=C\COC. The summed E-state index contributed by atoms with van der Waals surface area (Å²) >= 11 is 0. The first kappa shape index (κ1) is 17.9. The van der Waals surface area contributed by atoms with Crippen LogP contribution < -0.4 is 0 Å². The normalized spacial score (nSPS) is 11.4. The molecule has 0 saturated heterocycles. The number of hydrogen-bond donors (Lipinski definition) is 0. The van der Waals surface area contributed by atoms with E-state index in [2.05, 4.69) is 49.4 Å². The highest BCUT2D eigenvalue weighted by Gasteiger charge is 1.92. The second-order valence-corrected chi connectivity index (χ2v) is 4.83. The molecule has 0 amide bonds. The number of ether oxygens (including phenoxy) is 1. The zero-order valence-electron chi connectivity index (χ0n) is 13.8. The molecule has 0 atom stereocenters. The van der Waals surface area contributed by atoms with Crippen LogP contribution in [0.3, 0.4) is 0 Å². The van der Waals surface area contributed by atoms with Gasteiger partial charge < -0.3 is 4.74 Å². The molecule has 0 unspecified atom stereocenters. The van der Waals surface area contributed by atoms with Crippen molar-refractivity contribution in [3.63, 3.8) is 0 Å². The molecular weight excluding hydrogens is 268 g/mol. The van der Waals surface area contributed by atoms with Gasteiger partial charge in [0.25, 0.3) is 0 Å². The third-order valence-corrected chi connectivity index (χ3v) is 3.15. The van der Waals surface area contributed by atoms with Gasteiger partial charge in [0.2, 0.25) is 0 Å². The van der Waals surface area contributed by atoms with Gasteiger partial charge in [0.15, 0.2) is 0 Å². The summed E-state index contributed by atoms with van der Waals surface area (Å²) in [4.78, 5) is 0. The second-order valence-electron chi connectivity index (χ2n) is 4.83. The van der Waals surface area contributed by atoms with Crippen molar-refractivity contribution in [2.45, 2.75) is 20.3 Å². The van der Waals surface area contributed by atoms with E-state index in [9.17, 15) is 0 Å². The Balaban J connectivity index is 0.000000225. The van der Waals surface area contributed by atoms with E-state index in [1.54, 1.807) is 7.11 Å². The molecule has 0 bridgehead atoms. The average Bonchev–Trinajstić information content (AvgIpc) is 2.58. The van der Waals surface area contributed by atoms with Crippen LogP contribution in [0.25, 0.3) is 10.8 Å². The molecule has 0 aliphatic rings. The maximum absolute atomic E-state index is 4.81. The Kier molecular flexibility index (Phi) is 9.40. The molecule has 0 aromatic heterocycles. The lowest BCUT2D eigenvalue weighted by atomic mass is 10.1. The number of allylic oxidation sites excluding steroid dienone is 5. The van der Waals surface area contributed by atoms with Gasteiger partial charge >= 0.3 is 0 Å². The van der Waals surface area contributed by atoms with E-state index in [1.165, 1.54) is 16.3 Å². The van der Waals surface area contributed by atoms with Gasteiger partial charge in [0.05, 0.1) is 6.61 Å². The quantitative estimate of drug-likeness (QED) is 0.640. The number of aryl methyl sites for hydroxylation is 1. The number of rotatable bonds is 5. The monoisotopic (exact) mass is 294 g/mol. The molecule has 1 heteroatoms. The summed E-state index contributed by atoms with van der Waals surface area (Å²) in [7, 11) is 1.68. The third kappa shape index (κ3) is 7.05. The Hall–Kier alpha value is -2.12. The summed E-state index contributed by atoms with van der Waals surface area (Å²) in [6.45, 7) is 4.85. The first-order valence-electron chi connectivity index (χ1n) is 7.73. The fourth-order valence-corrected chi connectivity index (χ4v) is 1.93. The van der Waals surface area contributed by atoms with Gasteiger partial charge in [-0.1, -0.05) is 85.8 Å². The lowest BCUT2D eigenvalue weighted by Gasteiger charge is -1.99. The van der Waals surface area contributed by atoms with Crippen LogP contribution in [0, 0.1) is 0 Å². The van der Waals surface area contributed by atoms with E-state index >= 15 is 0 Å². The van der Waals surface area contributed by atoms with Crippen LogP contribution in [0.4, 0.5) is 0 Å². The van der Waals surface area contributed by atoms with Crippen LogP contribution in [-0.4, -0.2) is 13.7 Å². The minimum Gasteiger partial charge on any atom is -0.381 e. The number of benzene rings is 2. The zero-order chi connectivity index (χ0) is 16.0. The van der Waals surface area contributed by atoms with Crippen molar-refractivity contribution in [2.75, 3.05) is 13.7 Å². The number of fused-ring (bicyclic) bond motifs is 1. The molecule has 0 N–H and O–H groups in total. The van der Waals surface area contributed by atoms with Gasteiger partial charge in [-0.25, -0.2) is 0 Å². The lowest BCUT2D eigenvalue weighted by Crippen LogP contribution is -1.79. The molecule has 2 aromatic rings. The van der Waals surface area contributed by atoms with Gasteiger partial charge in [-0.05, 0) is 29.7 Å². The molecule has 0 radical (unpaired) electrons. The van der Waals surface area contributed by atoms with Crippen LogP contribution >= 0.6 is 0 Å². The van der Waals surface area contributed by atoms with Crippen molar-refractivity contribution in [1.29, 1.82) is 0 Å². The lowest BCUT2D eigenvalue weighted by molar-refractivity contribution is 0.234. The van der Waals surface area contributed by atoms with E-state index in [0.29, 0.717) is 6.61 Å². The maximum Gasteiger partial charge on any atom is 0.0646 e. The van der Waals surface area contributed by atoms with E-state index in [-0.39, 0.29) is 0 Å². The Morgan fingerprint density at radius 1 is 0.909 bits per heavy atom. The molecule has 1 nitrogen and oxygen atoms in total. The number of hydrogen-bond acceptors (Lipinski definition) is 1. The summed E-state index contributed by atoms with van der Waals surface area (Å²) in [6.07, 6.45) is 13.0. The first-order valence-corrected chi connectivity index (χ1v) is 7.73. The van der Waals surface area contributed by atoms with E-state index < -0.39 is 0 Å². The Bertz CT molecular complexity index is 621. The van der Waals surface area contributed by atoms with Crippen molar-refractivity contribution in [1.82, 2.24) is 0 Å². The van der Waals surface area contributed by atoms with Crippen molar-refractivity contribution >= 4 is 10.8 Å². The molecule has 0 saturated carbocycles. The fourth-order valence-electron chi connectivity index (χ4n) is 1.93. The predicted octanol–water partition coefficient (Wildman–Crippen LogP) is 5.72. The standard InChI is InChI=1S/C12H12.C9H14O/c1-2-10-7-8-11-5-3-4-6-12(11)9-10;1-3-4-5-6-7-8-9-10-2/h3-9H,2H2,1H3;3-8H,9H2,1-2H3/b;4-3-,6-5-,8-7+. The second kappa shape index (κ2) is 11.5. The van der Waals surface area contributed by atoms with Gasteiger partial charge in [0.1, 0.15) is 0 Å². The highest BCUT2D eigenvalue weighted by Crippen LogP contribution is 2.15. The van der Waals surface area contributed by atoms with Crippen molar-refractivity contribution in [3.8, 4) is 0 Å². The molecule has 2 aromatic carbocycles. The van der Waals surface area contributed by atoms with Crippen molar-refractivity contribution in [2.24, 2.45) is 0 Å². The maximum atomic E-state index is 4.81. The molecule has 22 heavy (non-hydrogen) atoms. The molecule has 0 heterocycles. The minimum atomic E-state index is 0.681. The Morgan fingerprint density at radius 2 is 1.64 bits per heavy atom. The smallest absolute Gasteiger partial charge is 0.0646 e. The van der Waals surface area contributed by atoms with Crippen LogP contribution in [0.1, 0.15) is 19.4 Å². The summed E-state index contributed by atoms with van der Waals surface area (Å²) in [5.74, 6) is 0. The summed E-state index contributed by atoms with van der Waals surface area (Å²) in [5, 5.41) is 2.67. The average molecular weight is 294 g/mol. The molecule has 2 rings (SSSR count). The van der Waals surface area contributed by atoms with Gasteiger partial charge in [-0.2, -0.15) is 0 Å². The van der Waals surface area contributed by atoms with E-state index in [0.717, 1.165) is 6.42 Å². The van der Waals surface area contributed by atoms with Crippen molar-refractivity contribution in [3.05, 3.63) is 84.5 Å². The zero-order valence-corrected chi connectivity index (χ0v) is 13.8. The highest BCUT2D eigenvalue weighted by atomic mass is 16.5.